The van der Waals surface area contributed by atoms with Crippen LogP contribution in [-0.4, -0.2) is 19.1 Å². The summed E-state index contributed by atoms with van der Waals surface area (Å²) < 4.78 is 13.1. The third-order valence-electron chi connectivity index (χ3n) is 3.94. The molecule has 2 aliphatic heterocycles. The zero-order valence-corrected chi connectivity index (χ0v) is 9.32. The number of nitrogens with zero attached hydrogens (tertiary/aromatic N) is 1. The first-order chi connectivity index (χ1) is 7.78. The normalized spacial score (nSPS) is 27.8. The van der Waals surface area contributed by atoms with Crippen molar-refractivity contribution in [3.8, 4) is 0 Å². The van der Waals surface area contributed by atoms with Crippen molar-refractivity contribution >= 4 is 5.69 Å². The van der Waals surface area contributed by atoms with Crippen LogP contribution in [0, 0.1) is 11.7 Å². The molecule has 2 N–H and O–H groups in total. The molecule has 2 nitrogen and oxygen atoms in total. The molecule has 2 aliphatic rings. The molecule has 0 aliphatic carbocycles. The molecule has 3 rings (SSSR count). The summed E-state index contributed by atoms with van der Waals surface area (Å²) in [5, 5.41) is 0. The Morgan fingerprint density at radius 2 is 2.25 bits per heavy atom. The zero-order valence-electron chi connectivity index (χ0n) is 9.32. The van der Waals surface area contributed by atoms with E-state index in [0.717, 1.165) is 19.5 Å². The summed E-state index contributed by atoms with van der Waals surface area (Å²) in [6, 6.07) is 5.75. The van der Waals surface area contributed by atoms with E-state index in [1.807, 2.05) is 6.07 Å². The van der Waals surface area contributed by atoms with Gasteiger partial charge in [0.1, 0.15) is 5.82 Å². The van der Waals surface area contributed by atoms with Gasteiger partial charge in [-0.2, -0.15) is 0 Å². The fourth-order valence-electron chi connectivity index (χ4n) is 3.05. The summed E-state index contributed by atoms with van der Waals surface area (Å²) in [5.74, 6) is 0.487. The Labute approximate surface area is 95.2 Å². The van der Waals surface area contributed by atoms with Crippen LogP contribution in [-0.2, 0) is 6.42 Å². The van der Waals surface area contributed by atoms with E-state index >= 15 is 0 Å². The summed E-state index contributed by atoms with van der Waals surface area (Å²) >= 11 is 0. The topological polar surface area (TPSA) is 29.3 Å². The Balaban J connectivity index is 1.91. The van der Waals surface area contributed by atoms with Crippen LogP contribution >= 0.6 is 0 Å². The van der Waals surface area contributed by atoms with Crippen molar-refractivity contribution in [3.05, 3.63) is 29.6 Å². The molecule has 0 bridgehead atoms. The molecule has 0 aromatic heterocycles. The van der Waals surface area contributed by atoms with Gasteiger partial charge in [0.15, 0.2) is 0 Å². The van der Waals surface area contributed by atoms with E-state index in [1.165, 1.54) is 24.1 Å². The highest BCUT2D eigenvalue weighted by Crippen LogP contribution is 2.38. The lowest BCUT2D eigenvalue weighted by molar-refractivity contribution is 0.371. The molecular weight excluding hydrogens is 203 g/mol. The number of nitrogens with two attached hydrogens (primary N) is 1. The Bertz CT molecular complexity index is 405. The van der Waals surface area contributed by atoms with Crippen molar-refractivity contribution in [2.45, 2.75) is 25.3 Å². The molecular formula is C13H17FN2. The molecule has 86 valence electrons. The van der Waals surface area contributed by atoms with Crippen LogP contribution in [0.25, 0.3) is 0 Å². The van der Waals surface area contributed by atoms with Crippen molar-refractivity contribution in [3.63, 3.8) is 0 Å². The lowest BCUT2D eigenvalue weighted by Crippen LogP contribution is -2.43. The third kappa shape index (κ3) is 1.50. The first-order valence-corrected chi connectivity index (χ1v) is 6.03. The fourth-order valence-corrected chi connectivity index (χ4v) is 3.05. The lowest BCUT2D eigenvalue weighted by Gasteiger charge is -2.36. The molecule has 1 fully saturated rings. The Morgan fingerprint density at radius 1 is 1.38 bits per heavy atom. The molecule has 16 heavy (non-hydrogen) atoms. The van der Waals surface area contributed by atoms with Crippen LogP contribution in [0.15, 0.2) is 18.2 Å². The van der Waals surface area contributed by atoms with E-state index in [-0.39, 0.29) is 5.82 Å². The van der Waals surface area contributed by atoms with Gasteiger partial charge in [-0.15, -0.1) is 0 Å². The second kappa shape index (κ2) is 3.74. The number of halogens is 1. The molecule has 0 radical (unpaired) electrons. The van der Waals surface area contributed by atoms with Crippen molar-refractivity contribution in [1.82, 2.24) is 0 Å². The average Bonchev–Trinajstić information content (AvgIpc) is 2.65. The quantitative estimate of drug-likeness (QED) is 0.783. The van der Waals surface area contributed by atoms with Gasteiger partial charge in [0.05, 0.1) is 0 Å². The van der Waals surface area contributed by atoms with Gasteiger partial charge < -0.3 is 10.6 Å². The summed E-state index contributed by atoms with van der Waals surface area (Å²) in [5.41, 5.74) is 8.14. The summed E-state index contributed by atoms with van der Waals surface area (Å²) in [4.78, 5) is 2.43. The van der Waals surface area contributed by atoms with E-state index in [9.17, 15) is 4.39 Å². The standard InChI is InChI=1S/C13H17FN2/c14-11-2-4-13-10(5-11)6-12-3-1-9(7-15)8-16(12)13/h2,4-5,9,12H,1,3,6-8,15H2. The molecule has 0 saturated carbocycles. The van der Waals surface area contributed by atoms with Gasteiger partial charge in [0.2, 0.25) is 0 Å². The maximum absolute atomic E-state index is 13.1. The van der Waals surface area contributed by atoms with Gasteiger partial charge in [0, 0.05) is 18.3 Å². The SMILES string of the molecule is NCC1CCC2Cc3cc(F)ccc3N2C1. The van der Waals surface area contributed by atoms with Gasteiger partial charge >= 0.3 is 0 Å². The number of hydrogen-bond acceptors (Lipinski definition) is 2. The first-order valence-electron chi connectivity index (χ1n) is 6.03. The smallest absolute Gasteiger partial charge is 0.123 e. The Hall–Kier alpha value is -1.09. The van der Waals surface area contributed by atoms with Gasteiger partial charge in [-0.3, -0.25) is 0 Å². The molecule has 2 unspecified atom stereocenters. The third-order valence-corrected chi connectivity index (χ3v) is 3.94. The molecule has 1 aromatic carbocycles. The number of benzene rings is 1. The minimum Gasteiger partial charge on any atom is -0.368 e. The van der Waals surface area contributed by atoms with Crippen molar-refractivity contribution in [2.24, 2.45) is 11.7 Å². The highest BCUT2D eigenvalue weighted by atomic mass is 19.1. The molecule has 1 saturated heterocycles. The lowest BCUT2D eigenvalue weighted by atomic mass is 9.93. The maximum atomic E-state index is 13.1. The maximum Gasteiger partial charge on any atom is 0.123 e. The Kier molecular flexibility index (Phi) is 2.36. The first kappa shape index (κ1) is 10.1. The summed E-state index contributed by atoms with van der Waals surface area (Å²) in [7, 11) is 0. The number of anilines is 1. The van der Waals surface area contributed by atoms with Crippen LogP contribution in [0.2, 0.25) is 0 Å². The van der Waals surface area contributed by atoms with E-state index in [1.54, 1.807) is 12.1 Å². The van der Waals surface area contributed by atoms with Gasteiger partial charge in [0.25, 0.3) is 0 Å². The van der Waals surface area contributed by atoms with Gasteiger partial charge in [-0.1, -0.05) is 0 Å². The van der Waals surface area contributed by atoms with Crippen molar-refractivity contribution in [1.29, 1.82) is 0 Å². The van der Waals surface area contributed by atoms with Crippen molar-refractivity contribution < 1.29 is 4.39 Å². The zero-order chi connectivity index (χ0) is 11.1. The molecule has 0 spiro atoms. The molecule has 1 aromatic rings. The highest BCUT2D eigenvalue weighted by molar-refractivity contribution is 5.60. The molecule has 3 heteroatoms. The number of rotatable bonds is 1. The summed E-state index contributed by atoms with van der Waals surface area (Å²) in [6.45, 7) is 1.81. The largest absolute Gasteiger partial charge is 0.368 e. The molecule has 0 amide bonds. The Morgan fingerprint density at radius 3 is 3.06 bits per heavy atom. The van der Waals surface area contributed by atoms with E-state index < -0.39 is 0 Å². The monoisotopic (exact) mass is 220 g/mol. The highest BCUT2D eigenvalue weighted by Gasteiger charge is 2.34. The minimum absolute atomic E-state index is 0.117. The predicted octanol–water partition coefficient (Wildman–Crippen LogP) is 1.93. The number of piperidine rings is 1. The fraction of sp³-hybridized carbons (Fsp3) is 0.538. The second-order valence-electron chi connectivity index (χ2n) is 4.96. The summed E-state index contributed by atoms with van der Waals surface area (Å²) in [6.07, 6.45) is 3.41. The van der Waals surface area contributed by atoms with E-state index in [4.69, 9.17) is 5.73 Å². The van der Waals surface area contributed by atoms with Crippen LogP contribution in [0.4, 0.5) is 10.1 Å². The number of fused-ring (bicyclic) bond motifs is 3. The average molecular weight is 220 g/mol. The van der Waals surface area contributed by atoms with Crippen LogP contribution < -0.4 is 10.6 Å². The molecule has 2 heterocycles. The van der Waals surface area contributed by atoms with Crippen molar-refractivity contribution in [2.75, 3.05) is 18.0 Å². The molecule has 2 atom stereocenters. The van der Waals surface area contributed by atoms with Crippen LogP contribution in [0.3, 0.4) is 0 Å². The number of hydrogen-bond donors (Lipinski definition) is 1. The van der Waals surface area contributed by atoms with E-state index in [2.05, 4.69) is 4.90 Å². The minimum atomic E-state index is -0.117. The van der Waals surface area contributed by atoms with E-state index in [0.29, 0.717) is 12.0 Å². The van der Waals surface area contributed by atoms with Crippen LogP contribution in [0.5, 0.6) is 0 Å². The van der Waals surface area contributed by atoms with Gasteiger partial charge in [-0.05, 0) is 55.5 Å². The predicted molar refractivity (Wildman–Crippen MR) is 63.0 cm³/mol. The van der Waals surface area contributed by atoms with Gasteiger partial charge in [-0.25, -0.2) is 4.39 Å². The second-order valence-corrected chi connectivity index (χ2v) is 4.96. The van der Waals surface area contributed by atoms with Crippen LogP contribution in [0.1, 0.15) is 18.4 Å².